The monoisotopic (exact) mass is 464 g/mol. The van der Waals surface area contributed by atoms with Gasteiger partial charge in [-0.15, -0.1) is 0 Å². The van der Waals surface area contributed by atoms with Crippen LogP contribution in [0.5, 0.6) is 0 Å². The molecule has 2 amide bonds. The lowest BCUT2D eigenvalue weighted by molar-refractivity contribution is -0.141. The van der Waals surface area contributed by atoms with E-state index in [1.54, 1.807) is 36.4 Å². The lowest BCUT2D eigenvalue weighted by Crippen LogP contribution is -2.51. The average Bonchev–Trinajstić information content (AvgIpc) is 3.24. The van der Waals surface area contributed by atoms with Gasteiger partial charge >= 0.3 is 0 Å². The predicted molar refractivity (Wildman–Crippen MR) is 122 cm³/mol. The minimum Gasteiger partial charge on any atom is -0.352 e. The number of hydrogen-bond acceptors (Lipinski definition) is 2. The second-order valence-corrected chi connectivity index (χ2v) is 8.72. The molecule has 0 bridgehead atoms. The van der Waals surface area contributed by atoms with Crippen LogP contribution in [0, 0.1) is 5.82 Å². The van der Waals surface area contributed by atoms with E-state index in [2.05, 4.69) is 5.32 Å². The molecule has 1 saturated carbocycles. The molecule has 1 atom stereocenters. The standard InChI is InChI=1S/C24H27Cl2FN2O2/c1-2-22(24(31)28-17-9-4-5-10-17)29(15-18-19(25)11-7-12-20(18)26)23(30)14-16-8-3-6-13-21(16)27/h3,6-8,11-13,17,22H,2,4-5,9-10,14-15H2,1H3,(H,28,31)/t22-/m1/s1. The molecule has 1 N–H and O–H groups in total. The molecule has 2 aromatic carbocycles. The summed E-state index contributed by atoms with van der Waals surface area (Å²) in [6, 6.07) is 10.7. The number of rotatable bonds is 8. The molecule has 1 aliphatic carbocycles. The van der Waals surface area contributed by atoms with Crippen molar-refractivity contribution in [1.82, 2.24) is 10.2 Å². The van der Waals surface area contributed by atoms with Crippen LogP contribution in [0.25, 0.3) is 0 Å². The largest absolute Gasteiger partial charge is 0.352 e. The van der Waals surface area contributed by atoms with Crippen LogP contribution in [0.15, 0.2) is 42.5 Å². The first kappa shape index (κ1) is 23.6. The highest BCUT2D eigenvalue weighted by Gasteiger charge is 2.31. The predicted octanol–water partition coefficient (Wildman–Crippen LogP) is 5.54. The van der Waals surface area contributed by atoms with E-state index >= 15 is 0 Å². The fourth-order valence-electron chi connectivity index (χ4n) is 4.05. The van der Waals surface area contributed by atoms with E-state index in [1.807, 2.05) is 6.92 Å². The Bertz CT molecular complexity index is 911. The molecule has 4 nitrogen and oxygen atoms in total. The van der Waals surface area contributed by atoms with Crippen molar-refractivity contribution in [2.45, 2.75) is 64.1 Å². The van der Waals surface area contributed by atoms with Crippen molar-refractivity contribution in [2.24, 2.45) is 0 Å². The van der Waals surface area contributed by atoms with Crippen molar-refractivity contribution >= 4 is 35.0 Å². The summed E-state index contributed by atoms with van der Waals surface area (Å²) in [7, 11) is 0. The van der Waals surface area contributed by atoms with Crippen LogP contribution in [0.3, 0.4) is 0 Å². The van der Waals surface area contributed by atoms with E-state index in [-0.39, 0.29) is 36.4 Å². The molecule has 0 spiro atoms. The molecule has 0 heterocycles. The molecule has 0 aliphatic heterocycles. The fraction of sp³-hybridized carbons (Fsp3) is 0.417. The second kappa shape index (κ2) is 11.0. The summed E-state index contributed by atoms with van der Waals surface area (Å²) < 4.78 is 14.2. The smallest absolute Gasteiger partial charge is 0.243 e. The number of hydrogen-bond donors (Lipinski definition) is 1. The first-order valence-corrected chi connectivity index (χ1v) is 11.4. The highest BCUT2D eigenvalue weighted by molar-refractivity contribution is 6.36. The summed E-state index contributed by atoms with van der Waals surface area (Å²) in [5.41, 5.74) is 0.855. The van der Waals surface area contributed by atoms with Gasteiger partial charge in [-0.2, -0.15) is 0 Å². The molecule has 3 rings (SSSR count). The van der Waals surface area contributed by atoms with E-state index in [1.165, 1.54) is 11.0 Å². The molecule has 0 aromatic heterocycles. The summed E-state index contributed by atoms with van der Waals surface area (Å²) in [5.74, 6) is -0.996. The highest BCUT2D eigenvalue weighted by atomic mass is 35.5. The second-order valence-electron chi connectivity index (χ2n) is 7.90. The van der Waals surface area contributed by atoms with Crippen LogP contribution in [0.2, 0.25) is 10.0 Å². The van der Waals surface area contributed by atoms with Gasteiger partial charge in [0.05, 0.1) is 6.42 Å². The maximum atomic E-state index is 14.2. The zero-order valence-corrected chi connectivity index (χ0v) is 19.1. The minimum absolute atomic E-state index is 0.0718. The Morgan fingerprint density at radius 1 is 1.10 bits per heavy atom. The quantitative estimate of drug-likeness (QED) is 0.557. The molecular weight excluding hydrogens is 438 g/mol. The molecule has 1 fully saturated rings. The fourth-order valence-corrected chi connectivity index (χ4v) is 4.56. The molecule has 1 aliphatic rings. The molecule has 0 unspecified atom stereocenters. The Hall–Kier alpha value is -2.11. The number of nitrogens with zero attached hydrogens (tertiary/aromatic N) is 1. The summed E-state index contributed by atoms with van der Waals surface area (Å²) in [6.07, 6.45) is 4.34. The van der Waals surface area contributed by atoms with Gasteiger partial charge in [0.25, 0.3) is 0 Å². The zero-order valence-electron chi connectivity index (χ0n) is 17.5. The summed E-state index contributed by atoms with van der Waals surface area (Å²) in [4.78, 5) is 27.9. The third-order valence-electron chi connectivity index (χ3n) is 5.78. The highest BCUT2D eigenvalue weighted by Crippen LogP contribution is 2.28. The van der Waals surface area contributed by atoms with Crippen molar-refractivity contribution in [1.29, 1.82) is 0 Å². The van der Waals surface area contributed by atoms with Crippen LogP contribution in [-0.4, -0.2) is 28.8 Å². The Morgan fingerprint density at radius 3 is 2.35 bits per heavy atom. The van der Waals surface area contributed by atoms with Crippen LogP contribution < -0.4 is 5.32 Å². The third kappa shape index (κ3) is 5.98. The van der Waals surface area contributed by atoms with Crippen LogP contribution in [-0.2, 0) is 22.6 Å². The summed E-state index contributed by atoms with van der Waals surface area (Å²) >= 11 is 12.7. The van der Waals surface area contributed by atoms with Gasteiger partial charge in [0.2, 0.25) is 11.8 Å². The summed E-state index contributed by atoms with van der Waals surface area (Å²) in [5, 5.41) is 3.92. The SMILES string of the molecule is CC[C@H](C(=O)NC1CCCC1)N(Cc1c(Cl)cccc1Cl)C(=O)Cc1ccccc1F. The number of carbonyl (C=O) groups is 2. The Morgan fingerprint density at radius 2 is 1.74 bits per heavy atom. The third-order valence-corrected chi connectivity index (χ3v) is 6.49. The van der Waals surface area contributed by atoms with Gasteiger partial charge in [-0.25, -0.2) is 4.39 Å². The van der Waals surface area contributed by atoms with Gasteiger partial charge in [-0.05, 0) is 43.0 Å². The van der Waals surface area contributed by atoms with E-state index in [0.717, 1.165) is 25.7 Å². The average molecular weight is 465 g/mol. The summed E-state index contributed by atoms with van der Waals surface area (Å²) in [6.45, 7) is 1.93. The van der Waals surface area contributed by atoms with Gasteiger partial charge < -0.3 is 10.2 Å². The molecule has 166 valence electrons. The van der Waals surface area contributed by atoms with Crippen molar-refractivity contribution in [3.63, 3.8) is 0 Å². The van der Waals surface area contributed by atoms with E-state index in [4.69, 9.17) is 23.2 Å². The van der Waals surface area contributed by atoms with E-state index in [9.17, 15) is 14.0 Å². The topological polar surface area (TPSA) is 49.4 Å². The minimum atomic E-state index is -0.702. The number of nitrogens with one attached hydrogen (secondary N) is 1. The zero-order chi connectivity index (χ0) is 22.4. The Labute approximate surface area is 192 Å². The molecule has 31 heavy (non-hydrogen) atoms. The van der Waals surface area contributed by atoms with Crippen molar-refractivity contribution in [3.8, 4) is 0 Å². The van der Waals surface area contributed by atoms with Gasteiger partial charge in [0.1, 0.15) is 11.9 Å². The maximum absolute atomic E-state index is 14.2. The van der Waals surface area contributed by atoms with Gasteiger partial charge in [-0.1, -0.05) is 67.2 Å². The van der Waals surface area contributed by atoms with Gasteiger partial charge in [-0.3, -0.25) is 9.59 Å². The van der Waals surface area contributed by atoms with Crippen LogP contribution in [0.4, 0.5) is 4.39 Å². The number of benzene rings is 2. The van der Waals surface area contributed by atoms with Crippen molar-refractivity contribution in [2.75, 3.05) is 0 Å². The van der Waals surface area contributed by atoms with E-state index < -0.39 is 11.9 Å². The number of amides is 2. The lowest BCUT2D eigenvalue weighted by atomic mass is 10.1. The first-order chi connectivity index (χ1) is 14.9. The van der Waals surface area contributed by atoms with E-state index in [0.29, 0.717) is 22.0 Å². The van der Waals surface area contributed by atoms with Crippen LogP contribution >= 0.6 is 23.2 Å². The molecule has 2 aromatic rings. The lowest BCUT2D eigenvalue weighted by Gasteiger charge is -2.32. The van der Waals surface area contributed by atoms with Crippen LogP contribution in [0.1, 0.15) is 50.2 Å². The molecule has 7 heteroatoms. The number of halogens is 3. The normalized spacial score (nSPS) is 15.0. The first-order valence-electron chi connectivity index (χ1n) is 10.7. The van der Waals surface area contributed by atoms with Gasteiger partial charge in [0.15, 0.2) is 0 Å². The number of carbonyl (C=O) groups excluding carboxylic acids is 2. The Kier molecular flexibility index (Phi) is 8.33. The maximum Gasteiger partial charge on any atom is 0.243 e. The molecular formula is C24H27Cl2FN2O2. The van der Waals surface area contributed by atoms with Gasteiger partial charge in [0, 0.05) is 28.2 Å². The molecule has 0 saturated heterocycles. The van der Waals surface area contributed by atoms with Crippen molar-refractivity contribution < 1.29 is 14.0 Å². The van der Waals surface area contributed by atoms with Crippen molar-refractivity contribution in [3.05, 3.63) is 69.5 Å². The molecule has 0 radical (unpaired) electrons. The Balaban J connectivity index is 1.88.